The van der Waals surface area contributed by atoms with Crippen molar-refractivity contribution in [2.24, 2.45) is 0 Å². The summed E-state index contributed by atoms with van der Waals surface area (Å²) in [5.74, 6) is 0. The van der Waals surface area contributed by atoms with Crippen LogP contribution in [0.1, 0.15) is 16.0 Å². The van der Waals surface area contributed by atoms with Crippen LogP contribution in [0.2, 0.25) is 0 Å². The summed E-state index contributed by atoms with van der Waals surface area (Å²) in [7, 11) is 0. The smallest absolute Gasteiger partial charge is 0.0868 e. The van der Waals surface area contributed by atoms with E-state index in [1.807, 2.05) is 6.07 Å². The molecule has 2 atom stereocenters. The molecule has 0 amide bonds. The zero-order valence-corrected chi connectivity index (χ0v) is 13.6. The first-order valence-electron chi connectivity index (χ1n) is 7.40. The molecule has 110 valence electrons. The molecule has 0 aliphatic carbocycles. The maximum Gasteiger partial charge on any atom is 0.0868 e. The lowest BCUT2D eigenvalue weighted by atomic mass is 10.1. The number of hydrogen-bond acceptors (Lipinski definition) is 2. The topological polar surface area (TPSA) is 12.5 Å². The SMILES string of the molecule is Br[C@H](c1ccccc1)C1CN(Cc2ccccc2)CCO1. The summed E-state index contributed by atoms with van der Waals surface area (Å²) in [6.45, 7) is 3.75. The van der Waals surface area contributed by atoms with Gasteiger partial charge in [0.15, 0.2) is 0 Å². The predicted octanol–water partition coefficient (Wildman–Crippen LogP) is 4.02. The summed E-state index contributed by atoms with van der Waals surface area (Å²) in [5, 5.41) is 0. The van der Waals surface area contributed by atoms with Crippen molar-refractivity contribution >= 4 is 15.9 Å². The Balaban J connectivity index is 1.63. The largest absolute Gasteiger partial charge is 0.374 e. The van der Waals surface area contributed by atoms with E-state index < -0.39 is 0 Å². The number of halogens is 1. The minimum Gasteiger partial charge on any atom is -0.374 e. The van der Waals surface area contributed by atoms with E-state index in [2.05, 4.69) is 75.4 Å². The zero-order valence-electron chi connectivity index (χ0n) is 12.0. The normalized spacial score (nSPS) is 21.1. The van der Waals surface area contributed by atoms with Gasteiger partial charge in [-0.2, -0.15) is 0 Å². The summed E-state index contributed by atoms with van der Waals surface area (Å²) in [6, 6.07) is 21.2. The van der Waals surface area contributed by atoms with Gasteiger partial charge in [-0.05, 0) is 11.1 Å². The molecular formula is C18H20BrNO. The minimum absolute atomic E-state index is 0.199. The quantitative estimate of drug-likeness (QED) is 0.776. The van der Waals surface area contributed by atoms with Gasteiger partial charge in [-0.25, -0.2) is 0 Å². The van der Waals surface area contributed by atoms with Gasteiger partial charge in [0.25, 0.3) is 0 Å². The Labute approximate surface area is 134 Å². The highest BCUT2D eigenvalue weighted by atomic mass is 79.9. The van der Waals surface area contributed by atoms with Crippen LogP contribution >= 0.6 is 15.9 Å². The third kappa shape index (κ3) is 3.94. The number of alkyl halides is 1. The molecule has 0 bridgehead atoms. The fourth-order valence-electron chi connectivity index (χ4n) is 2.75. The van der Waals surface area contributed by atoms with Crippen molar-refractivity contribution in [3.8, 4) is 0 Å². The fraction of sp³-hybridized carbons (Fsp3) is 0.333. The summed E-state index contributed by atoms with van der Waals surface area (Å²) in [6.07, 6.45) is 0.199. The zero-order chi connectivity index (χ0) is 14.5. The first-order valence-corrected chi connectivity index (χ1v) is 8.31. The number of rotatable bonds is 4. The molecule has 21 heavy (non-hydrogen) atoms. The van der Waals surface area contributed by atoms with E-state index in [0.29, 0.717) is 0 Å². The molecule has 2 nitrogen and oxygen atoms in total. The second-order valence-electron chi connectivity index (χ2n) is 5.44. The Bertz CT molecular complexity index is 546. The van der Waals surface area contributed by atoms with Crippen molar-refractivity contribution in [1.82, 2.24) is 4.90 Å². The molecule has 0 saturated carbocycles. The summed E-state index contributed by atoms with van der Waals surface area (Å²) in [4.78, 5) is 2.72. The number of hydrogen-bond donors (Lipinski definition) is 0. The van der Waals surface area contributed by atoms with Gasteiger partial charge in [-0.1, -0.05) is 76.6 Å². The number of nitrogens with zero attached hydrogens (tertiary/aromatic N) is 1. The second-order valence-corrected chi connectivity index (χ2v) is 6.43. The van der Waals surface area contributed by atoms with Crippen LogP contribution in [0.5, 0.6) is 0 Å². The summed E-state index contributed by atoms with van der Waals surface area (Å²) >= 11 is 3.81. The second kappa shape index (κ2) is 7.21. The van der Waals surface area contributed by atoms with Gasteiger partial charge in [0.1, 0.15) is 0 Å². The standard InChI is InChI=1S/C18H20BrNO/c19-18(16-9-5-2-6-10-16)17-14-20(11-12-21-17)13-15-7-3-1-4-8-15/h1-10,17-18H,11-14H2/t17?,18-/m1/s1. The Morgan fingerprint density at radius 2 is 1.71 bits per heavy atom. The molecule has 1 fully saturated rings. The molecule has 1 aliphatic heterocycles. The lowest BCUT2D eigenvalue weighted by Gasteiger charge is -2.35. The molecule has 2 aromatic rings. The molecule has 0 aromatic heterocycles. The van der Waals surface area contributed by atoms with Crippen molar-refractivity contribution in [2.75, 3.05) is 19.7 Å². The molecule has 3 heteroatoms. The highest BCUT2D eigenvalue weighted by Crippen LogP contribution is 2.30. The third-order valence-corrected chi connectivity index (χ3v) is 4.99. The van der Waals surface area contributed by atoms with Crippen LogP contribution in [-0.2, 0) is 11.3 Å². The molecular weight excluding hydrogens is 326 g/mol. The number of morpholine rings is 1. The Morgan fingerprint density at radius 1 is 1.05 bits per heavy atom. The predicted molar refractivity (Wildman–Crippen MR) is 89.6 cm³/mol. The maximum absolute atomic E-state index is 5.97. The lowest BCUT2D eigenvalue weighted by Crippen LogP contribution is -2.43. The molecule has 1 heterocycles. The van der Waals surface area contributed by atoms with Gasteiger partial charge >= 0.3 is 0 Å². The first kappa shape index (κ1) is 14.8. The van der Waals surface area contributed by atoms with E-state index in [0.717, 1.165) is 26.2 Å². The van der Waals surface area contributed by atoms with E-state index in [4.69, 9.17) is 4.74 Å². The average molecular weight is 346 g/mol. The van der Waals surface area contributed by atoms with Crippen molar-refractivity contribution < 1.29 is 4.74 Å². The van der Waals surface area contributed by atoms with E-state index in [1.54, 1.807) is 0 Å². The average Bonchev–Trinajstić information content (AvgIpc) is 2.56. The first-order chi connectivity index (χ1) is 10.3. The van der Waals surface area contributed by atoms with Crippen LogP contribution in [0.25, 0.3) is 0 Å². The van der Waals surface area contributed by atoms with Crippen molar-refractivity contribution in [3.63, 3.8) is 0 Å². The van der Waals surface area contributed by atoms with Crippen LogP contribution in [0.4, 0.5) is 0 Å². The number of benzene rings is 2. The van der Waals surface area contributed by atoms with E-state index in [1.165, 1.54) is 11.1 Å². The van der Waals surface area contributed by atoms with Gasteiger partial charge in [0, 0.05) is 19.6 Å². The summed E-state index contributed by atoms with van der Waals surface area (Å²) in [5.41, 5.74) is 2.65. The molecule has 1 aliphatic rings. The summed E-state index contributed by atoms with van der Waals surface area (Å²) < 4.78 is 5.97. The fourth-order valence-corrected chi connectivity index (χ4v) is 3.37. The van der Waals surface area contributed by atoms with Gasteiger partial charge in [0.2, 0.25) is 0 Å². The minimum atomic E-state index is 0.199. The van der Waals surface area contributed by atoms with Crippen molar-refractivity contribution in [1.29, 1.82) is 0 Å². The molecule has 1 saturated heterocycles. The highest BCUT2D eigenvalue weighted by molar-refractivity contribution is 9.09. The lowest BCUT2D eigenvalue weighted by molar-refractivity contribution is -0.0310. The highest BCUT2D eigenvalue weighted by Gasteiger charge is 2.27. The Kier molecular flexibility index (Phi) is 5.07. The number of ether oxygens (including phenoxy) is 1. The van der Waals surface area contributed by atoms with E-state index in [9.17, 15) is 0 Å². The maximum atomic E-state index is 5.97. The van der Waals surface area contributed by atoms with Crippen molar-refractivity contribution in [3.05, 3.63) is 71.8 Å². The van der Waals surface area contributed by atoms with Crippen LogP contribution < -0.4 is 0 Å². The van der Waals surface area contributed by atoms with Gasteiger partial charge < -0.3 is 4.74 Å². The molecule has 2 aromatic carbocycles. The van der Waals surface area contributed by atoms with E-state index in [-0.39, 0.29) is 10.9 Å². The van der Waals surface area contributed by atoms with Crippen LogP contribution in [-0.4, -0.2) is 30.7 Å². The molecule has 3 rings (SSSR count). The van der Waals surface area contributed by atoms with Crippen molar-refractivity contribution in [2.45, 2.75) is 17.5 Å². The molecule has 0 spiro atoms. The van der Waals surface area contributed by atoms with Gasteiger partial charge in [-0.15, -0.1) is 0 Å². The van der Waals surface area contributed by atoms with Crippen LogP contribution in [0.15, 0.2) is 60.7 Å². The van der Waals surface area contributed by atoms with Gasteiger partial charge in [-0.3, -0.25) is 4.90 Å². The van der Waals surface area contributed by atoms with E-state index >= 15 is 0 Å². The van der Waals surface area contributed by atoms with Crippen LogP contribution in [0.3, 0.4) is 0 Å². The Morgan fingerprint density at radius 3 is 2.43 bits per heavy atom. The monoisotopic (exact) mass is 345 g/mol. The molecule has 1 unspecified atom stereocenters. The molecule has 0 radical (unpaired) electrons. The van der Waals surface area contributed by atoms with Gasteiger partial charge in [0.05, 0.1) is 17.5 Å². The molecule has 0 N–H and O–H groups in total. The third-order valence-electron chi connectivity index (χ3n) is 3.87. The Hall–Kier alpha value is -1.16. The van der Waals surface area contributed by atoms with Crippen LogP contribution in [0, 0.1) is 0 Å².